The molecule has 0 aromatic heterocycles. The highest BCUT2D eigenvalue weighted by atomic mass is 16.5. The normalized spacial score (nSPS) is 30.1. The summed E-state index contributed by atoms with van der Waals surface area (Å²) in [6.45, 7) is 0. The Balaban J connectivity index is 1.46. The number of aliphatic hydroxyl groups is 2. The van der Waals surface area contributed by atoms with E-state index < -0.39 is 18.2 Å². The van der Waals surface area contributed by atoms with Gasteiger partial charge in [0.05, 0.1) is 12.2 Å². The van der Waals surface area contributed by atoms with Gasteiger partial charge in [0.1, 0.15) is 11.9 Å². The Bertz CT molecular complexity index is 752. The molecule has 0 radical (unpaired) electrons. The fraction of sp³-hybridized carbons (Fsp3) is 0.625. The van der Waals surface area contributed by atoms with E-state index in [1.54, 1.807) is 0 Å². The van der Waals surface area contributed by atoms with Crippen LogP contribution in [0.2, 0.25) is 0 Å². The van der Waals surface area contributed by atoms with Gasteiger partial charge in [-0.15, -0.1) is 0 Å². The number of carboxylic acids is 1. The number of hydrogen-bond donors (Lipinski definition) is 3. The standard InChI is InChI=1S/C24H32O5/c25-17(13-15-5-2-1-3-6-15)10-11-18-20(26)14-21-23(18)19-8-4-7-16(24(19)29-21)9-12-22(27)28/h4,7-8,10-11,15,17-18,20-21,23,25-26H,1-3,5-6,9,12-14H2,(H,27,28)/t17-,18+,20-,21+,23+/m1/s1. The molecule has 1 aromatic rings. The lowest BCUT2D eigenvalue weighted by Gasteiger charge is -2.23. The number of carboxylic acid groups (broad SMARTS) is 1. The number of rotatable bonds is 7. The monoisotopic (exact) mass is 400 g/mol. The van der Waals surface area contributed by atoms with E-state index in [9.17, 15) is 15.0 Å². The fourth-order valence-corrected chi connectivity index (χ4v) is 5.51. The molecule has 3 N–H and O–H groups in total. The molecule has 1 aromatic carbocycles. The minimum Gasteiger partial charge on any atom is -0.489 e. The van der Waals surface area contributed by atoms with Crippen molar-refractivity contribution in [2.75, 3.05) is 0 Å². The third-order valence-electron chi connectivity index (χ3n) is 6.95. The molecule has 29 heavy (non-hydrogen) atoms. The molecule has 158 valence electrons. The third-order valence-corrected chi connectivity index (χ3v) is 6.95. The van der Waals surface area contributed by atoms with E-state index >= 15 is 0 Å². The Hall–Kier alpha value is -1.85. The summed E-state index contributed by atoms with van der Waals surface area (Å²) < 4.78 is 6.17. The molecule has 5 atom stereocenters. The maximum atomic E-state index is 10.9. The molecular weight excluding hydrogens is 368 g/mol. The second-order valence-electron chi connectivity index (χ2n) is 8.98. The molecule has 2 saturated carbocycles. The summed E-state index contributed by atoms with van der Waals surface area (Å²) in [4.78, 5) is 10.9. The summed E-state index contributed by atoms with van der Waals surface area (Å²) in [5.74, 6) is 0.567. The summed E-state index contributed by atoms with van der Waals surface area (Å²) in [5.41, 5.74) is 1.99. The van der Waals surface area contributed by atoms with Gasteiger partial charge in [0.15, 0.2) is 0 Å². The van der Waals surface area contributed by atoms with Crippen molar-refractivity contribution in [3.8, 4) is 5.75 Å². The molecular formula is C24H32O5. The first-order valence-electron chi connectivity index (χ1n) is 11.1. The van der Waals surface area contributed by atoms with Gasteiger partial charge in [-0.25, -0.2) is 0 Å². The van der Waals surface area contributed by atoms with Gasteiger partial charge < -0.3 is 20.1 Å². The first-order chi connectivity index (χ1) is 14.0. The highest BCUT2D eigenvalue weighted by Crippen LogP contribution is 2.52. The molecule has 3 aliphatic rings. The van der Waals surface area contributed by atoms with Gasteiger partial charge in [0, 0.05) is 30.2 Å². The van der Waals surface area contributed by atoms with Crippen molar-refractivity contribution >= 4 is 5.97 Å². The molecule has 0 amide bonds. The first kappa shape index (κ1) is 20.4. The largest absolute Gasteiger partial charge is 0.489 e. The Morgan fingerprint density at radius 1 is 1.24 bits per heavy atom. The maximum Gasteiger partial charge on any atom is 0.303 e. The lowest BCUT2D eigenvalue weighted by molar-refractivity contribution is -0.136. The van der Waals surface area contributed by atoms with Gasteiger partial charge in [-0.3, -0.25) is 4.79 Å². The Labute approximate surface area is 172 Å². The maximum absolute atomic E-state index is 10.9. The lowest BCUT2D eigenvalue weighted by Crippen LogP contribution is -2.18. The smallest absolute Gasteiger partial charge is 0.303 e. The zero-order chi connectivity index (χ0) is 20.4. The number of aliphatic carboxylic acids is 1. The quantitative estimate of drug-likeness (QED) is 0.606. The summed E-state index contributed by atoms with van der Waals surface area (Å²) in [5, 5.41) is 30.1. The highest BCUT2D eigenvalue weighted by molar-refractivity contribution is 5.67. The van der Waals surface area contributed by atoms with Crippen LogP contribution in [0.1, 0.15) is 68.4 Å². The molecule has 0 spiro atoms. The Morgan fingerprint density at radius 3 is 2.79 bits per heavy atom. The van der Waals surface area contributed by atoms with Gasteiger partial charge in [0.25, 0.3) is 0 Å². The van der Waals surface area contributed by atoms with Crippen LogP contribution in [0.4, 0.5) is 0 Å². The molecule has 1 heterocycles. The number of hydrogen-bond acceptors (Lipinski definition) is 4. The second-order valence-corrected chi connectivity index (χ2v) is 8.98. The topological polar surface area (TPSA) is 87.0 Å². The van der Waals surface area contributed by atoms with Gasteiger partial charge in [-0.2, -0.15) is 0 Å². The van der Waals surface area contributed by atoms with E-state index in [2.05, 4.69) is 0 Å². The van der Waals surface area contributed by atoms with E-state index in [1.807, 2.05) is 30.4 Å². The molecule has 0 unspecified atom stereocenters. The van der Waals surface area contributed by atoms with Crippen molar-refractivity contribution < 1.29 is 24.9 Å². The van der Waals surface area contributed by atoms with E-state index in [1.165, 1.54) is 32.1 Å². The van der Waals surface area contributed by atoms with Crippen LogP contribution in [0.5, 0.6) is 5.75 Å². The Morgan fingerprint density at radius 2 is 2.03 bits per heavy atom. The van der Waals surface area contributed by atoms with Crippen molar-refractivity contribution in [3.05, 3.63) is 41.5 Å². The molecule has 0 bridgehead atoms. The first-order valence-corrected chi connectivity index (χ1v) is 11.1. The SMILES string of the molecule is O=C(O)CCc1cccc2c1O[C@H]1C[C@@H](O)[C@H](C=C[C@@H](O)CC3CCCCC3)[C@@H]21. The highest BCUT2D eigenvalue weighted by Gasteiger charge is 2.48. The number of para-hydroxylation sites is 1. The van der Waals surface area contributed by atoms with Crippen LogP contribution >= 0.6 is 0 Å². The number of aliphatic hydroxyl groups excluding tert-OH is 2. The van der Waals surface area contributed by atoms with Gasteiger partial charge in [-0.1, -0.05) is 62.5 Å². The molecule has 4 rings (SSSR count). The number of fused-ring (bicyclic) bond motifs is 3. The minimum atomic E-state index is -0.816. The Kier molecular flexibility index (Phi) is 6.26. The van der Waals surface area contributed by atoms with E-state index in [0.29, 0.717) is 18.8 Å². The summed E-state index contributed by atoms with van der Waals surface area (Å²) in [7, 11) is 0. The lowest BCUT2D eigenvalue weighted by atomic mass is 9.84. The van der Waals surface area contributed by atoms with Crippen LogP contribution < -0.4 is 4.74 Å². The third kappa shape index (κ3) is 4.51. The van der Waals surface area contributed by atoms with Crippen molar-refractivity contribution in [1.29, 1.82) is 0 Å². The molecule has 2 aliphatic carbocycles. The average Bonchev–Trinajstić information content (AvgIpc) is 3.20. The van der Waals surface area contributed by atoms with Crippen LogP contribution in [-0.2, 0) is 11.2 Å². The molecule has 1 aliphatic heterocycles. The number of ether oxygens (including phenoxy) is 1. The van der Waals surface area contributed by atoms with Gasteiger partial charge in [0.2, 0.25) is 0 Å². The van der Waals surface area contributed by atoms with E-state index in [-0.39, 0.29) is 24.4 Å². The molecule has 2 fully saturated rings. The van der Waals surface area contributed by atoms with Crippen molar-refractivity contribution in [1.82, 2.24) is 0 Å². The van der Waals surface area contributed by atoms with Crippen LogP contribution in [0, 0.1) is 11.8 Å². The number of aryl methyl sites for hydroxylation is 1. The summed E-state index contributed by atoms with van der Waals surface area (Å²) in [6.07, 6.45) is 11.0. The predicted molar refractivity (Wildman–Crippen MR) is 110 cm³/mol. The molecule has 5 nitrogen and oxygen atoms in total. The van der Waals surface area contributed by atoms with Crippen LogP contribution in [-0.4, -0.2) is 39.6 Å². The minimum absolute atomic E-state index is 0.0582. The van der Waals surface area contributed by atoms with E-state index in [0.717, 1.165) is 23.3 Å². The van der Waals surface area contributed by atoms with E-state index in [4.69, 9.17) is 9.84 Å². The zero-order valence-corrected chi connectivity index (χ0v) is 16.9. The average molecular weight is 401 g/mol. The van der Waals surface area contributed by atoms with Crippen LogP contribution in [0.25, 0.3) is 0 Å². The molecule has 0 saturated heterocycles. The van der Waals surface area contributed by atoms with Gasteiger partial charge in [-0.05, 0) is 24.3 Å². The zero-order valence-electron chi connectivity index (χ0n) is 16.9. The van der Waals surface area contributed by atoms with Crippen molar-refractivity contribution in [2.45, 2.75) is 82.0 Å². The fourth-order valence-electron chi connectivity index (χ4n) is 5.51. The van der Waals surface area contributed by atoms with Crippen molar-refractivity contribution in [3.63, 3.8) is 0 Å². The summed E-state index contributed by atoms with van der Waals surface area (Å²) >= 11 is 0. The number of carbonyl (C=O) groups is 1. The van der Waals surface area contributed by atoms with Crippen LogP contribution in [0.3, 0.4) is 0 Å². The van der Waals surface area contributed by atoms with Crippen LogP contribution in [0.15, 0.2) is 30.4 Å². The molecule has 5 heteroatoms. The summed E-state index contributed by atoms with van der Waals surface area (Å²) in [6, 6.07) is 5.91. The predicted octanol–water partition coefficient (Wildman–Crippen LogP) is 3.82. The van der Waals surface area contributed by atoms with Gasteiger partial charge >= 0.3 is 5.97 Å². The number of benzene rings is 1. The second kappa shape index (κ2) is 8.88. The van der Waals surface area contributed by atoms with Crippen molar-refractivity contribution in [2.24, 2.45) is 11.8 Å².